The van der Waals surface area contributed by atoms with Crippen molar-refractivity contribution in [3.8, 4) is 11.5 Å². The van der Waals surface area contributed by atoms with E-state index in [4.69, 9.17) is 11.6 Å². The topological polar surface area (TPSA) is 9.23 Å². The summed E-state index contributed by atoms with van der Waals surface area (Å²) in [6, 6.07) is 0. The van der Waals surface area contributed by atoms with Crippen molar-refractivity contribution < 1.29 is 44.3 Å². The molecule has 0 saturated heterocycles. The molecule has 2 rings (SSSR count). The lowest BCUT2D eigenvalue weighted by atomic mass is 10.2. The van der Waals surface area contributed by atoms with Gasteiger partial charge >= 0.3 is 0 Å². The Balaban J connectivity index is 2.71. The van der Waals surface area contributed by atoms with Gasteiger partial charge in [-0.1, -0.05) is 11.6 Å². The fourth-order valence-electron chi connectivity index (χ4n) is 1.45. The van der Waals surface area contributed by atoms with Gasteiger partial charge in [0.05, 0.1) is 0 Å². The zero-order chi connectivity index (χ0) is 17.6. The van der Waals surface area contributed by atoms with Crippen molar-refractivity contribution in [2.24, 2.45) is 0 Å². The average Bonchev–Trinajstić information content (AvgIpc) is 2.54. The largest absolute Gasteiger partial charge is 0.446 e. The standard InChI is InChI=1S/C12ClF9O/c13-1-2(14)3(15)5(17)8(20)11(1)23-12-9(21)6(18)4(16)7(19)10(12)22. The van der Waals surface area contributed by atoms with Crippen LogP contribution in [0.3, 0.4) is 0 Å². The summed E-state index contributed by atoms with van der Waals surface area (Å²) in [6.45, 7) is 0. The first-order valence-electron chi connectivity index (χ1n) is 5.30. The summed E-state index contributed by atoms with van der Waals surface area (Å²) in [5, 5.41) is -1.61. The maximum Gasteiger partial charge on any atom is 0.207 e. The summed E-state index contributed by atoms with van der Waals surface area (Å²) in [4.78, 5) is 0. The molecule has 2 aromatic carbocycles. The number of hydrogen-bond donors (Lipinski definition) is 0. The summed E-state index contributed by atoms with van der Waals surface area (Å²) in [5.74, 6) is -25.8. The zero-order valence-electron chi connectivity index (χ0n) is 10.2. The molecule has 0 spiro atoms. The molecule has 124 valence electrons. The van der Waals surface area contributed by atoms with Crippen LogP contribution in [0.4, 0.5) is 39.5 Å². The summed E-state index contributed by atoms with van der Waals surface area (Å²) >= 11 is 5.09. The molecular formula is C12ClF9O. The number of hydrogen-bond acceptors (Lipinski definition) is 1. The second kappa shape index (κ2) is 5.84. The highest BCUT2D eigenvalue weighted by atomic mass is 35.5. The van der Waals surface area contributed by atoms with Crippen molar-refractivity contribution in [1.29, 1.82) is 0 Å². The van der Waals surface area contributed by atoms with E-state index in [9.17, 15) is 39.5 Å². The van der Waals surface area contributed by atoms with Gasteiger partial charge in [0.15, 0.2) is 17.4 Å². The first-order valence-corrected chi connectivity index (χ1v) is 5.68. The van der Waals surface area contributed by atoms with E-state index in [1.54, 1.807) is 0 Å². The Hall–Kier alpha value is -2.10. The van der Waals surface area contributed by atoms with Gasteiger partial charge in [0, 0.05) is 0 Å². The Morgan fingerprint density at radius 2 is 0.739 bits per heavy atom. The summed E-state index contributed by atoms with van der Waals surface area (Å²) in [6.07, 6.45) is 0. The Kier molecular flexibility index (Phi) is 4.38. The van der Waals surface area contributed by atoms with E-state index >= 15 is 0 Å². The van der Waals surface area contributed by atoms with Gasteiger partial charge in [-0.2, -0.15) is 13.2 Å². The monoisotopic (exact) mass is 366 g/mol. The lowest BCUT2D eigenvalue weighted by Crippen LogP contribution is -2.07. The van der Waals surface area contributed by atoms with Crippen LogP contribution in [-0.2, 0) is 0 Å². The summed E-state index contributed by atoms with van der Waals surface area (Å²) < 4.78 is 122. The minimum Gasteiger partial charge on any atom is -0.446 e. The van der Waals surface area contributed by atoms with Crippen LogP contribution in [0.25, 0.3) is 0 Å². The molecule has 0 heterocycles. The van der Waals surface area contributed by atoms with Crippen LogP contribution in [0.1, 0.15) is 0 Å². The molecule has 0 N–H and O–H groups in total. The number of benzene rings is 2. The van der Waals surface area contributed by atoms with Crippen molar-refractivity contribution in [3.63, 3.8) is 0 Å². The van der Waals surface area contributed by atoms with Crippen LogP contribution in [0.2, 0.25) is 5.02 Å². The quantitative estimate of drug-likeness (QED) is 0.394. The molecule has 0 bridgehead atoms. The first-order chi connectivity index (χ1) is 10.6. The van der Waals surface area contributed by atoms with Crippen LogP contribution < -0.4 is 4.74 Å². The summed E-state index contributed by atoms with van der Waals surface area (Å²) in [5.41, 5.74) is 0. The fourth-order valence-corrected chi connectivity index (χ4v) is 1.66. The highest BCUT2D eigenvalue weighted by molar-refractivity contribution is 6.32. The molecule has 0 fully saturated rings. The predicted octanol–water partition coefficient (Wildman–Crippen LogP) is 5.38. The van der Waals surface area contributed by atoms with E-state index in [0.717, 1.165) is 0 Å². The molecule has 0 aliphatic heterocycles. The third-order valence-electron chi connectivity index (χ3n) is 2.54. The molecule has 23 heavy (non-hydrogen) atoms. The maximum absolute atomic E-state index is 13.4. The molecule has 1 nitrogen and oxygen atoms in total. The highest BCUT2D eigenvalue weighted by Crippen LogP contribution is 2.40. The molecule has 0 aliphatic rings. The molecule has 11 heteroatoms. The number of halogens is 10. The van der Waals surface area contributed by atoms with Crippen LogP contribution in [-0.4, -0.2) is 0 Å². The fraction of sp³-hybridized carbons (Fsp3) is 0. The van der Waals surface area contributed by atoms with Gasteiger partial charge < -0.3 is 4.74 Å². The Morgan fingerprint density at radius 3 is 1.17 bits per heavy atom. The van der Waals surface area contributed by atoms with Crippen molar-refractivity contribution >= 4 is 11.6 Å². The van der Waals surface area contributed by atoms with Crippen LogP contribution in [0.15, 0.2) is 0 Å². The predicted molar refractivity (Wildman–Crippen MR) is 57.6 cm³/mol. The van der Waals surface area contributed by atoms with Gasteiger partial charge in [0.1, 0.15) is 5.02 Å². The van der Waals surface area contributed by atoms with Crippen molar-refractivity contribution in [2.75, 3.05) is 0 Å². The highest BCUT2D eigenvalue weighted by Gasteiger charge is 2.31. The molecule has 0 aromatic heterocycles. The van der Waals surface area contributed by atoms with Crippen molar-refractivity contribution in [1.82, 2.24) is 0 Å². The van der Waals surface area contributed by atoms with Crippen molar-refractivity contribution in [3.05, 3.63) is 57.4 Å². The van der Waals surface area contributed by atoms with E-state index in [2.05, 4.69) is 4.74 Å². The molecule has 0 atom stereocenters. The van der Waals surface area contributed by atoms with Crippen molar-refractivity contribution in [2.45, 2.75) is 0 Å². The van der Waals surface area contributed by atoms with E-state index in [1.165, 1.54) is 0 Å². The molecule has 0 radical (unpaired) electrons. The van der Waals surface area contributed by atoms with Gasteiger partial charge in [0.25, 0.3) is 0 Å². The minimum absolute atomic E-state index is 1.61. The first kappa shape index (κ1) is 17.3. The van der Waals surface area contributed by atoms with E-state index in [-0.39, 0.29) is 0 Å². The molecular weight excluding hydrogens is 367 g/mol. The van der Waals surface area contributed by atoms with Crippen LogP contribution >= 0.6 is 11.6 Å². The van der Waals surface area contributed by atoms with E-state index in [0.29, 0.717) is 0 Å². The number of ether oxygens (including phenoxy) is 1. The van der Waals surface area contributed by atoms with E-state index in [1.807, 2.05) is 0 Å². The minimum atomic E-state index is -2.55. The third-order valence-corrected chi connectivity index (χ3v) is 2.88. The van der Waals surface area contributed by atoms with Gasteiger partial charge in [-0.3, -0.25) is 0 Å². The molecule has 0 saturated carbocycles. The van der Waals surface area contributed by atoms with Gasteiger partial charge in [0.2, 0.25) is 46.5 Å². The number of rotatable bonds is 2. The Morgan fingerprint density at radius 1 is 0.435 bits per heavy atom. The SMILES string of the molecule is Fc1c(F)c(F)c(Oc2c(F)c(F)c(F)c(F)c2Cl)c(F)c1F. The average molecular weight is 367 g/mol. The van der Waals surface area contributed by atoms with Gasteiger partial charge in [-0.25, -0.2) is 26.3 Å². The molecule has 0 aliphatic carbocycles. The van der Waals surface area contributed by atoms with E-state index < -0.39 is 68.9 Å². The van der Waals surface area contributed by atoms with Crippen LogP contribution in [0, 0.1) is 52.4 Å². The third kappa shape index (κ3) is 2.56. The lowest BCUT2D eigenvalue weighted by molar-refractivity contribution is 0.316. The molecule has 0 amide bonds. The van der Waals surface area contributed by atoms with Crippen LogP contribution in [0.5, 0.6) is 11.5 Å². The second-order valence-corrected chi connectivity index (χ2v) is 4.28. The smallest absolute Gasteiger partial charge is 0.207 e. The van der Waals surface area contributed by atoms with Gasteiger partial charge in [-0.05, 0) is 0 Å². The van der Waals surface area contributed by atoms with Gasteiger partial charge in [-0.15, -0.1) is 0 Å². The normalized spacial score (nSPS) is 11.0. The maximum atomic E-state index is 13.4. The summed E-state index contributed by atoms with van der Waals surface area (Å²) in [7, 11) is 0. The Bertz CT molecular complexity index is 696. The second-order valence-electron chi connectivity index (χ2n) is 3.90. The Labute approximate surface area is 125 Å². The molecule has 2 aromatic rings. The molecule has 0 unspecified atom stereocenters. The zero-order valence-corrected chi connectivity index (χ0v) is 10.9. The lowest BCUT2D eigenvalue weighted by Gasteiger charge is -2.13.